The van der Waals surface area contributed by atoms with E-state index in [1.807, 2.05) is 11.4 Å². The van der Waals surface area contributed by atoms with Crippen molar-refractivity contribution >= 4 is 39.0 Å². The molecule has 1 heterocycles. The van der Waals surface area contributed by atoms with Crippen LogP contribution < -0.4 is 5.11 Å². The molecule has 2 aromatic rings. The summed E-state index contributed by atoms with van der Waals surface area (Å²) < 4.78 is 1.05. The van der Waals surface area contributed by atoms with Gasteiger partial charge in [-0.25, -0.2) is 0 Å². The number of rotatable bonds is 2. The van der Waals surface area contributed by atoms with Crippen molar-refractivity contribution in [2.75, 3.05) is 0 Å². The summed E-state index contributed by atoms with van der Waals surface area (Å²) in [5.41, 5.74) is 0.771. The van der Waals surface area contributed by atoms with Crippen molar-refractivity contribution in [3.05, 3.63) is 34.2 Å². The van der Waals surface area contributed by atoms with Gasteiger partial charge in [0, 0.05) is 22.1 Å². The maximum atomic E-state index is 10.5. The molecule has 4 heteroatoms. The second-order valence-corrected chi connectivity index (χ2v) is 4.30. The van der Waals surface area contributed by atoms with Gasteiger partial charge in [0.1, 0.15) is 0 Å². The Hall–Kier alpha value is -1.06. The maximum absolute atomic E-state index is 10.5. The SMILES string of the molecule is O=C([O-])Cc1csc2ccc(Cl)cc12. The molecule has 72 valence electrons. The average Bonchev–Trinajstić information content (AvgIpc) is 2.47. The first-order chi connectivity index (χ1) is 6.66. The molecule has 0 radical (unpaired) electrons. The summed E-state index contributed by atoms with van der Waals surface area (Å²) in [6.07, 6.45) is -0.0552. The number of thiophene rings is 1. The Morgan fingerprint density at radius 3 is 3.00 bits per heavy atom. The molecule has 0 amide bonds. The number of aliphatic carboxylic acids is 1. The van der Waals surface area contributed by atoms with Gasteiger partial charge in [0.15, 0.2) is 0 Å². The minimum absolute atomic E-state index is 0.0552. The molecular formula is C10H6ClO2S-. The lowest BCUT2D eigenvalue weighted by Gasteiger charge is -2.00. The molecule has 0 unspecified atom stereocenters. The van der Waals surface area contributed by atoms with Gasteiger partial charge in [0.2, 0.25) is 0 Å². The standard InChI is InChI=1S/C10H7ClO2S/c11-7-1-2-9-8(4-7)6(5-14-9)3-10(12)13/h1-2,4-5H,3H2,(H,12,13)/p-1. The predicted molar refractivity (Wildman–Crippen MR) is 55.5 cm³/mol. The van der Waals surface area contributed by atoms with Crippen LogP contribution in [-0.2, 0) is 11.2 Å². The second kappa shape index (κ2) is 3.59. The summed E-state index contributed by atoms with van der Waals surface area (Å²) in [6.45, 7) is 0. The van der Waals surface area contributed by atoms with Gasteiger partial charge in [-0.3, -0.25) is 0 Å². The van der Waals surface area contributed by atoms with E-state index >= 15 is 0 Å². The third kappa shape index (κ3) is 1.74. The van der Waals surface area contributed by atoms with E-state index in [9.17, 15) is 9.90 Å². The van der Waals surface area contributed by atoms with E-state index in [4.69, 9.17) is 11.6 Å². The van der Waals surface area contributed by atoms with Crippen LogP contribution in [0.2, 0.25) is 5.02 Å². The average molecular weight is 226 g/mol. The molecule has 1 aromatic carbocycles. The highest BCUT2D eigenvalue weighted by Crippen LogP contribution is 2.28. The number of fused-ring (bicyclic) bond motifs is 1. The van der Waals surface area contributed by atoms with E-state index in [2.05, 4.69) is 0 Å². The Morgan fingerprint density at radius 2 is 2.29 bits per heavy atom. The Kier molecular flexibility index (Phi) is 2.44. The van der Waals surface area contributed by atoms with Crippen molar-refractivity contribution in [1.29, 1.82) is 0 Å². The minimum Gasteiger partial charge on any atom is -0.550 e. The van der Waals surface area contributed by atoms with Crippen molar-refractivity contribution < 1.29 is 9.90 Å². The topological polar surface area (TPSA) is 40.1 Å². The smallest absolute Gasteiger partial charge is 0.0458 e. The lowest BCUT2D eigenvalue weighted by Crippen LogP contribution is -2.24. The first-order valence-corrected chi connectivity index (χ1v) is 5.28. The maximum Gasteiger partial charge on any atom is 0.0458 e. The molecule has 0 saturated heterocycles. The van der Waals surface area contributed by atoms with Gasteiger partial charge in [0.25, 0.3) is 0 Å². The summed E-state index contributed by atoms with van der Waals surface area (Å²) in [6, 6.07) is 5.47. The van der Waals surface area contributed by atoms with Gasteiger partial charge in [-0.2, -0.15) is 0 Å². The van der Waals surface area contributed by atoms with Gasteiger partial charge < -0.3 is 9.90 Å². The largest absolute Gasteiger partial charge is 0.550 e. The van der Waals surface area contributed by atoms with E-state index < -0.39 is 5.97 Å². The van der Waals surface area contributed by atoms with Crippen LogP contribution in [-0.4, -0.2) is 5.97 Å². The van der Waals surface area contributed by atoms with Crippen LogP contribution in [0.25, 0.3) is 10.1 Å². The van der Waals surface area contributed by atoms with E-state index in [1.165, 1.54) is 11.3 Å². The number of hydrogen-bond donors (Lipinski definition) is 0. The third-order valence-electron chi connectivity index (χ3n) is 1.95. The van der Waals surface area contributed by atoms with Gasteiger partial charge in [0.05, 0.1) is 0 Å². The number of carbonyl (C=O) groups is 1. The molecule has 1 aromatic heterocycles. The quantitative estimate of drug-likeness (QED) is 0.783. The monoisotopic (exact) mass is 225 g/mol. The Morgan fingerprint density at radius 1 is 1.50 bits per heavy atom. The summed E-state index contributed by atoms with van der Waals surface area (Å²) >= 11 is 7.34. The Bertz CT molecular complexity index is 490. The molecule has 0 aliphatic carbocycles. The lowest BCUT2D eigenvalue weighted by atomic mass is 10.1. The van der Waals surface area contributed by atoms with Crippen LogP contribution in [0.1, 0.15) is 5.56 Å². The number of carbonyl (C=O) groups excluding carboxylic acids is 1. The van der Waals surface area contributed by atoms with Crippen LogP contribution in [0, 0.1) is 0 Å². The molecule has 0 fully saturated rings. The zero-order valence-corrected chi connectivity index (χ0v) is 8.69. The van der Waals surface area contributed by atoms with Crippen LogP contribution in [0.5, 0.6) is 0 Å². The summed E-state index contributed by atoms with van der Waals surface area (Å²) in [4.78, 5) is 10.5. The number of benzene rings is 1. The predicted octanol–water partition coefficient (Wildman–Crippen LogP) is 1.85. The lowest BCUT2D eigenvalue weighted by molar-refractivity contribution is -0.304. The first kappa shape index (κ1) is 9.49. The van der Waals surface area contributed by atoms with Gasteiger partial charge >= 0.3 is 0 Å². The first-order valence-electron chi connectivity index (χ1n) is 4.02. The molecule has 0 atom stereocenters. The Balaban J connectivity index is 2.55. The number of hydrogen-bond acceptors (Lipinski definition) is 3. The van der Waals surface area contributed by atoms with Crippen LogP contribution in [0.15, 0.2) is 23.6 Å². The van der Waals surface area contributed by atoms with Gasteiger partial charge in [-0.15, -0.1) is 11.3 Å². The van der Waals surface area contributed by atoms with Gasteiger partial charge in [-0.05, 0) is 34.5 Å². The van der Waals surface area contributed by atoms with Crippen molar-refractivity contribution in [1.82, 2.24) is 0 Å². The second-order valence-electron chi connectivity index (χ2n) is 2.95. The van der Waals surface area contributed by atoms with Crippen molar-refractivity contribution in [2.45, 2.75) is 6.42 Å². The van der Waals surface area contributed by atoms with E-state index in [-0.39, 0.29) is 6.42 Å². The molecular weight excluding hydrogens is 220 g/mol. The molecule has 0 spiro atoms. The molecule has 14 heavy (non-hydrogen) atoms. The molecule has 2 nitrogen and oxygen atoms in total. The fraction of sp³-hybridized carbons (Fsp3) is 0.100. The van der Waals surface area contributed by atoms with E-state index in [1.54, 1.807) is 12.1 Å². The van der Waals surface area contributed by atoms with E-state index in [0.717, 1.165) is 15.6 Å². The van der Waals surface area contributed by atoms with Crippen molar-refractivity contribution in [3.8, 4) is 0 Å². The third-order valence-corrected chi connectivity index (χ3v) is 3.20. The zero-order chi connectivity index (χ0) is 10.1. The molecule has 0 bridgehead atoms. The highest BCUT2D eigenvalue weighted by molar-refractivity contribution is 7.17. The van der Waals surface area contributed by atoms with Crippen LogP contribution in [0.3, 0.4) is 0 Å². The van der Waals surface area contributed by atoms with Crippen LogP contribution in [0.4, 0.5) is 0 Å². The van der Waals surface area contributed by atoms with E-state index in [0.29, 0.717) is 5.02 Å². The summed E-state index contributed by atoms with van der Waals surface area (Å²) in [5.74, 6) is -1.07. The molecule has 0 aliphatic heterocycles. The molecule has 0 saturated carbocycles. The highest BCUT2D eigenvalue weighted by Gasteiger charge is 2.04. The molecule has 2 rings (SSSR count). The summed E-state index contributed by atoms with van der Waals surface area (Å²) in [5, 5.41) is 13.8. The van der Waals surface area contributed by atoms with Gasteiger partial charge in [-0.1, -0.05) is 11.6 Å². The van der Waals surface area contributed by atoms with Crippen molar-refractivity contribution in [3.63, 3.8) is 0 Å². The Labute approximate surface area is 89.7 Å². The number of halogens is 1. The fourth-order valence-electron chi connectivity index (χ4n) is 1.35. The fourth-order valence-corrected chi connectivity index (χ4v) is 2.46. The summed E-state index contributed by atoms with van der Waals surface area (Å²) in [7, 11) is 0. The number of carboxylic acids is 1. The minimum atomic E-state index is -1.07. The molecule has 0 aliphatic rings. The normalized spacial score (nSPS) is 10.6. The molecule has 0 N–H and O–H groups in total. The zero-order valence-electron chi connectivity index (χ0n) is 7.12. The number of carboxylic acid groups (broad SMARTS) is 1. The highest BCUT2D eigenvalue weighted by atomic mass is 35.5. The van der Waals surface area contributed by atoms with Crippen LogP contribution >= 0.6 is 22.9 Å². The van der Waals surface area contributed by atoms with Crippen molar-refractivity contribution in [2.24, 2.45) is 0 Å².